The normalized spacial score (nSPS) is 15.8. The Bertz CT molecular complexity index is 431. The molecule has 0 saturated heterocycles. The van der Waals surface area contributed by atoms with E-state index in [0.717, 1.165) is 33.7 Å². The Kier molecular flexibility index (Phi) is 6.85. The van der Waals surface area contributed by atoms with Crippen LogP contribution in [-0.2, 0) is 6.54 Å². The molecule has 0 radical (unpaired) electrons. The monoisotopic (exact) mass is 403 g/mol. The van der Waals surface area contributed by atoms with Gasteiger partial charge in [0.2, 0.25) is 0 Å². The maximum Gasteiger partial charge on any atom is 0.138 e. The summed E-state index contributed by atoms with van der Waals surface area (Å²) in [6.45, 7) is 4.67. The van der Waals surface area contributed by atoms with E-state index >= 15 is 0 Å². The summed E-state index contributed by atoms with van der Waals surface area (Å²) in [6.07, 6.45) is 7.01. The molecule has 1 aliphatic carbocycles. The van der Waals surface area contributed by atoms with Gasteiger partial charge >= 0.3 is 0 Å². The van der Waals surface area contributed by atoms with Crippen molar-refractivity contribution in [3.8, 4) is 5.75 Å². The van der Waals surface area contributed by atoms with E-state index in [1.165, 1.54) is 37.7 Å². The molecule has 0 amide bonds. The first kappa shape index (κ1) is 16.3. The lowest BCUT2D eigenvalue weighted by molar-refractivity contribution is 0.333. The molecule has 1 aliphatic rings. The van der Waals surface area contributed by atoms with Gasteiger partial charge in [0.1, 0.15) is 5.75 Å². The highest BCUT2D eigenvalue weighted by Crippen LogP contribution is 2.33. The third-order valence-corrected chi connectivity index (χ3v) is 4.94. The molecule has 0 atom stereocenters. The molecular formula is C16H23Br2NO. The van der Waals surface area contributed by atoms with E-state index in [1.807, 2.05) is 13.0 Å². The van der Waals surface area contributed by atoms with Crippen LogP contribution in [0.4, 0.5) is 0 Å². The Hall–Kier alpha value is -0.0600. The van der Waals surface area contributed by atoms with E-state index in [2.05, 4.69) is 43.2 Å². The Labute approximate surface area is 138 Å². The second-order valence-electron chi connectivity index (χ2n) is 5.42. The molecule has 2 nitrogen and oxygen atoms in total. The topological polar surface area (TPSA) is 21.3 Å². The molecule has 0 aliphatic heterocycles. The van der Waals surface area contributed by atoms with Gasteiger partial charge in [0.25, 0.3) is 0 Å². The van der Waals surface area contributed by atoms with Gasteiger partial charge in [-0.3, -0.25) is 0 Å². The number of ether oxygens (including phenoxy) is 1. The van der Waals surface area contributed by atoms with Gasteiger partial charge in [-0.1, -0.05) is 41.6 Å². The van der Waals surface area contributed by atoms with Gasteiger partial charge in [-0.2, -0.15) is 0 Å². The van der Waals surface area contributed by atoms with Gasteiger partial charge in [0.05, 0.1) is 11.1 Å². The molecule has 0 unspecified atom stereocenters. The summed E-state index contributed by atoms with van der Waals surface area (Å²) >= 11 is 7.13. The molecule has 1 aromatic rings. The SMILES string of the molecule is CCOc1c(Br)cc(Br)cc1CNCCC1CCCC1. The second-order valence-corrected chi connectivity index (χ2v) is 7.19. The van der Waals surface area contributed by atoms with E-state index in [0.29, 0.717) is 6.61 Å². The fourth-order valence-electron chi connectivity index (χ4n) is 2.88. The standard InChI is InChI=1S/C16H23Br2NO/c1-2-20-16-13(9-14(17)10-15(16)18)11-19-8-7-12-5-3-4-6-12/h9-10,12,19H,2-8,11H2,1H3. The van der Waals surface area contributed by atoms with Crippen LogP contribution in [0, 0.1) is 5.92 Å². The van der Waals surface area contributed by atoms with Crippen LogP contribution in [0.1, 0.15) is 44.6 Å². The van der Waals surface area contributed by atoms with Gasteiger partial charge in [0, 0.05) is 16.6 Å². The second kappa shape index (κ2) is 8.40. The van der Waals surface area contributed by atoms with Gasteiger partial charge in [0.15, 0.2) is 0 Å². The minimum atomic E-state index is 0.690. The smallest absolute Gasteiger partial charge is 0.138 e. The molecule has 0 heterocycles. The molecule has 2 rings (SSSR count). The molecule has 20 heavy (non-hydrogen) atoms. The lowest BCUT2D eigenvalue weighted by Gasteiger charge is -2.14. The van der Waals surface area contributed by atoms with Gasteiger partial charge < -0.3 is 10.1 Å². The number of benzene rings is 1. The fraction of sp³-hybridized carbons (Fsp3) is 0.625. The Morgan fingerprint density at radius 2 is 2.00 bits per heavy atom. The average molecular weight is 405 g/mol. The summed E-state index contributed by atoms with van der Waals surface area (Å²) in [5.41, 5.74) is 1.21. The van der Waals surface area contributed by atoms with E-state index in [9.17, 15) is 0 Å². The third kappa shape index (κ3) is 4.74. The molecule has 112 valence electrons. The summed E-state index contributed by atoms with van der Waals surface area (Å²) < 4.78 is 7.84. The highest BCUT2D eigenvalue weighted by molar-refractivity contribution is 9.11. The first-order chi connectivity index (χ1) is 9.70. The van der Waals surface area contributed by atoms with E-state index in [4.69, 9.17) is 4.74 Å². The van der Waals surface area contributed by atoms with Crippen molar-refractivity contribution in [3.05, 3.63) is 26.6 Å². The van der Waals surface area contributed by atoms with E-state index < -0.39 is 0 Å². The zero-order valence-electron chi connectivity index (χ0n) is 12.1. The van der Waals surface area contributed by atoms with Gasteiger partial charge in [-0.05, 0) is 53.9 Å². The summed E-state index contributed by atoms with van der Waals surface area (Å²) in [7, 11) is 0. The van der Waals surface area contributed by atoms with Crippen molar-refractivity contribution in [2.75, 3.05) is 13.2 Å². The number of halogens is 2. The molecule has 0 spiro atoms. The van der Waals surface area contributed by atoms with Crippen molar-refractivity contribution in [2.45, 2.75) is 45.6 Å². The number of hydrogen-bond acceptors (Lipinski definition) is 2. The van der Waals surface area contributed by atoms with Crippen LogP contribution >= 0.6 is 31.9 Å². The minimum absolute atomic E-state index is 0.690. The Balaban J connectivity index is 1.87. The first-order valence-electron chi connectivity index (χ1n) is 7.52. The average Bonchev–Trinajstić information content (AvgIpc) is 2.91. The van der Waals surface area contributed by atoms with Crippen molar-refractivity contribution < 1.29 is 4.74 Å². The molecule has 1 saturated carbocycles. The quantitative estimate of drug-likeness (QED) is 0.624. The van der Waals surface area contributed by atoms with Crippen LogP contribution in [0.25, 0.3) is 0 Å². The molecular weight excluding hydrogens is 382 g/mol. The molecule has 0 aromatic heterocycles. The van der Waals surface area contributed by atoms with Crippen LogP contribution in [0.3, 0.4) is 0 Å². The van der Waals surface area contributed by atoms with Crippen molar-refractivity contribution >= 4 is 31.9 Å². The zero-order valence-corrected chi connectivity index (χ0v) is 15.2. The minimum Gasteiger partial charge on any atom is -0.492 e. The van der Waals surface area contributed by atoms with Crippen LogP contribution in [0.2, 0.25) is 0 Å². The summed E-state index contributed by atoms with van der Waals surface area (Å²) in [5, 5.41) is 3.56. The van der Waals surface area contributed by atoms with Crippen LogP contribution < -0.4 is 10.1 Å². The van der Waals surface area contributed by atoms with Crippen LogP contribution in [0.15, 0.2) is 21.1 Å². The molecule has 1 fully saturated rings. The summed E-state index contributed by atoms with van der Waals surface area (Å²) in [6, 6.07) is 4.17. The number of hydrogen-bond donors (Lipinski definition) is 1. The van der Waals surface area contributed by atoms with Crippen LogP contribution in [0.5, 0.6) is 5.75 Å². The predicted octanol–water partition coefficient (Wildman–Crippen LogP) is 5.28. The summed E-state index contributed by atoms with van der Waals surface area (Å²) in [4.78, 5) is 0. The highest BCUT2D eigenvalue weighted by Gasteiger charge is 2.14. The predicted molar refractivity (Wildman–Crippen MR) is 91.3 cm³/mol. The zero-order chi connectivity index (χ0) is 14.4. The van der Waals surface area contributed by atoms with Crippen molar-refractivity contribution in [2.24, 2.45) is 5.92 Å². The number of rotatable bonds is 7. The molecule has 1 N–H and O–H groups in total. The molecule has 4 heteroatoms. The highest BCUT2D eigenvalue weighted by atomic mass is 79.9. The largest absolute Gasteiger partial charge is 0.492 e. The maximum atomic E-state index is 5.75. The summed E-state index contributed by atoms with van der Waals surface area (Å²) in [5.74, 6) is 1.91. The first-order valence-corrected chi connectivity index (χ1v) is 9.10. The third-order valence-electron chi connectivity index (χ3n) is 3.89. The van der Waals surface area contributed by atoms with Crippen molar-refractivity contribution in [1.29, 1.82) is 0 Å². The van der Waals surface area contributed by atoms with Gasteiger partial charge in [-0.15, -0.1) is 0 Å². The molecule has 0 bridgehead atoms. The Morgan fingerprint density at radius 3 is 2.70 bits per heavy atom. The van der Waals surface area contributed by atoms with E-state index in [-0.39, 0.29) is 0 Å². The fourth-order valence-corrected chi connectivity index (χ4v) is 4.31. The van der Waals surface area contributed by atoms with E-state index in [1.54, 1.807) is 0 Å². The maximum absolute atomic E-state index is 5.75. The van der Waals surface area contributed by atoms with Gasteiger partial charge in [-0.25, -0.2) is 0 Å². The lowest BCUT2D eigenvalue weighted by atomic mass is 10.0. The lowest BCUT2D eigenvalue weighted by Crippen LogP contribution is -2.17. The number of nitrogens with one attached hydrogen (secondary N) is 1. The van der Waals surface area contributed by atoms with Crippen LogP contribution in [-0.4, -0.2) is 13.2 Å². The van der Waals surface area contributed by atoms with Crippen molar-refractivity contribution in [1.82, 2.24) is 5.32 Å². The Morgan fingerprint density at radius 1 is 1.25 bits per heavy atom. The molecule has 1 aromatic carbocycles. The van der Waals surface area contributed by atoms with Crippen molar-refractivity contribution in [3.63, 3.8) is 0 Å².